The minimum absolute atomic E-state index is 0.0164. The van der Waals surface area contributed by atoms with Crippen LogP contribution in [0.4, 0.5) is 4.39 Å². The predicted octanol–water partition coefficient (Wildman–Crippen LogP) is 5.18. The number of ether oxygens (including phenoxy) is 3. The van der Waals surface area contributed by atoms with Gasteiger partial charge in [-0.3, -0.25) is 14.5 Å². The lowest BCUT2D eigenvalue weighted by molar-refractivity contribution is -0.112. The molecule has 2 aliphatic heterocycles. The highest BCUT2D eigenvalue weighted by Gasteiger charge is 2.36. The Labute approximate surface area is 216 Å². The van der Waals surface area contributed by atoms with Gasteiger partial charge in [0.1, 0.15) is 23.9 Å². The van der Waals surface area contributed by atoms with Crippen molar-refractivity contribution in [2.45, 2.75) is 26.0 Å². The van der Waals surface area contributed by atoms with E-state index >= 15 is 0 Å². The average molecular weight is 513 g/mol. The van der Waals surface area contributed by atoms with Crippen molar-refractivity contribution in [3.63, 3.8) is 0 Å². The fourth-order valence-corrected chi connectivity index (χ4v) is 4.50. The number of imide groups is 1. The summed E-state index contributed by atoms with van der Waals surface area (Å²) in [6.07, 6.45) is 0.769. The van der Waals surface area contributed by atoms with Crippen LogP contribution in [0.15, 0.2) is 83.5 Å². The number of amides is 2. The van der Waals surface area contributed by atoms with Crippen molar-refractivity contribution >= 4 is 17.8 Å². The molecule has 1 atom stereocenters. The second-order valence-electron chi connectivity index (χ2n) is 8.84. The van der Waals surface area contributed by atoms with Gasteiger partial charge in [0, 0.05) is 16.7 Å². The number of furan rings is 1. The van der Waals surface area contributed by atoms with E-state index < -0.39 is 29.9 Å². The molecule has 190 valence electrons. The SMILES string of the molecule is O=C(OCc1cc(F)cc2c1OC(c1ccccc1)OC2)c1ccc2c(c1)C(=O)N(Cc1ccco1)C2=O. The van der Waals surface area contributed by atoms with Crippen LogP contribution in [0.25, 0.3) is 0 Å². The monoisotopic (exact) mass is 513 g/mol. The van der Waals surface area contributed by atoms with E-state index in [9.17, 15) is 18.8 Å². The van der Waals surface area contributed by atoms with Gasteiger partial charge in [-0.2, -0.15) is 0 Å². The largest absolute Gasteiger partial charge is 0.467 e. The van der Waals surface area contributed by atoms with Gasteiger partial charge in [0.05, 0.1) is 36.1 Å². The summed E-state index contributed by atoms with van der Waals surface area (Å²) < 4.78 is 36.7. The van der Waals surface area contributed by atoms with Crippen molar-refractivity contribution in [2.75, 3.05) is 0 Å². The average Bonchev–Trinajstić information content (AvgIpc) is 3.54. The molecule has 0 radical (unpaired) electrons. The Kier molecular flexibility index (Phi) is 5.97. The van der Waals surface area contributed by atoms with Gasteiger partial charge in [-0.25, -0.2) is 9.18 Å². The van der Waals surface area contributed by atoms with Crippen LogP contribution in [-0.4, -0.2) is 22.7 Å². The molecule has 0 saturated heterocycles. The molecular weight excluding hydrogens is 493 g/mol. The predicted molar refractivity (Wildman–Crippen MR) is 129 cm³/mol. The molecule has 9 heteroatoms. The second-order valence-corrected chi connectivity index (χ2v) is 8.84. The van der Waals surface area contributed by atoms with Crippen LogP contribution in [0.2, 0.25) is 0 Å². The fraction of sp³-hybridized carbons (Fsp3) is 0.138. The molecular formula is C29H20FNO7. The van der Waals surface area contributed by atoms with E-state index in [1.54, 1.807) is 12.1 Å². The van der Waals surface area contributed by atoms with Crippen molar-refractivity contribution in [1.82, 2.24) is 4.90 Å². The van der Waals surface area contributed by atoms with Crippen molar-refractivity contribution in [3.05, 3.63) is 124 Å². The van der Waals surface area contributed by atoms with Crippen molar-refractivity contribution in [3.8, 4) is 5.75 Å². The molecule has 6 rings (SSSR count). The van der Waals surface area contributed by atoms with E-state index in [-0.39, 0.29) is 36.4 Å². The summed E-state index contributed by atoms with van der Waals surface area (Å²) in [7, 11) is 0. The molecule has 2 aliphatic rings. The van der Waals surface area contributed by atoms with E-state index in [1.165, 1.54) is 36.6 Å². The molecule has 4 aromatic rings. The number of carbonyl (C=O) groups is 3. The smallest absolute Gasteiger partial charge is 0.338 e. The van der Waals surface area contributed by atoms with Crippen molar-refractivity contribution < 1.29 is 37.4 Å². The minimum Gasteiger partial charge on any atom is -0.467 e. The van der Waals surface area contributed by atoms with Crippen LogP contribution < -0.4 is 4.74 Å². The Balaban J connectivity index is 1.19. The zero-order chi connectivity index (χ0) is 26.2. The van der Waals surface area contributed by atoms with Crippen LogP contribution in [-0.2, 0) is 29.2 Å². The molecule has 38 heavy (non-hydrogen) atoms. The Morgan fingerprint density at radius 2 is 1.79 bits per heavy atom. The Hall–Kier alpha value is -4.76. The van der Waals surface area contributed by atoms with Crippen LogP contribution >= 0.6 is 0 Å². The number of fused-ring (bicyclic) bond motifs is 2. The number of esters is 1. The summed E-state index contributed by atoms with van der Waals surface area (Å²) in [5.74, 6) is -1.40. The highest BCUT2D eigenvalue weighted by atomic mass is 19.1. The first-order chi connectivity index (χ1) is 18.5. The van der Waals surface area contributed by atoms with Gasteiger partial charge in [0.15, 0.2) is 0 Å². The molecule has 2 amide bonds. The lowest BCUT2D eigenvalue weighted by Crippen LogP contribution is -2.28. The minimum atomic E-state index is -0.734. The zero-order valence-electron chi connectivity index (χ0n) is 19.9. The lowest BCUT2D eigenvalue weighted by Gasteiger charge is -2.28. The van der Waals surface area contributed by atoms with Crippen molar-refractivity contribution in [1.29, 1.82) is 0 Å². The van der Waals surface area contributed by atoms with Gasteiger partial charge in [0.2, 0.25) is 6.29 Å². The first-order valence-corrected chi connectivity index (χ1v) is 11.8. The molecule has 3 aromatic carbocycles. The molecule has 1 unspecified atom stereocenters. The van der Waals surface area contributed by atoms with E-state index in [1.807, 2.05) is 30.3 Å². The molecule has 0 N–H and O–H groups in total. The maximum Gasteiger partial charge on any atom is 0.338 e. The first-order valence-electron chi connectivity index (χ1n) is 11.8. The van der Waals surface area contributed by atoms with Gasteiger partial charge >= 0.3 is 5.97 Å². The number of halogens is 1. The van der Waals surface area contributed by atoms with Crippen molar-refractivity contribution in [2.24, 2.45) is 0 Å². The Morgan fingerprint density at radius 1 is 0.974 bits per heavy atom. The normalized spacial score (nSPS) is 16.1. The number of hydrogen-bond acceptors (Lipinski definition) is 7. The summed E-state index contributed by atoms with van der Waals surface area (Å²) in [4.78, 5) is 39.5. The summed E-state index contributed by atoms with van der Waals surface area (Å²) >= 11 is 0. The maximum absolute atomic E-state index is 14.3. The number of benzene rings is 3. The van der Waals surface area contributed by atoms with E-state index in [0.717, 1.165) is 10.5 Å². The maximum atomic E-state index is 14.3. The summed E-state index contributed by atoms with van der Waals surface area (Å²) in [5.41, 5.74) is 2.02. The number of carbonyl (C=O) groups excluding carboxylic acids is 3. The molecule has 0 bridgehead atoms. The van der Waals surface area contributed by atoms with E-state index in [4.69, 9.17) is 18.6 Å². The summed E-state index contributed by atoms with van der Waals surface area (Å²) in [6, 6.07) is 19.4. The fourth-order valence-electron chi connectivity index (χ4n) is 4.50. The molecule has 0 spiro atoms. The molecule has 3 heterocycles. The van der Waals surface area contributed by atoms with Crippen LogP contribution in [0.1, 0.15) is 59.8 Å². The van der Waals surface area contributed by atoms with Gasteiger partial charge in [-0.1, -0.05) is 30.3 Å². The number of nitrogens with zero attached hydrogens (tertiary/aromatic N) is 1. The van der Waals surface area contributed by atoms with E-state index in [2.05, 4.69) is 0 Å². The Morgan fingerprint density at radius 3 is 2.58 bits per heavy atom. The van der Waals surface area contributed by atoms with Gasteiger partial charge in [-0.15, -0.1) is 0 Å². The number of hydrogen-bond donors (Lipinski definition) is 0. The lowest BCUT2D eigenvalue weighted by atomic mass is 10.1. The van der Waals surface area contributed by atoms with Crippen LogP contribution in [0.3, 0.4) is 0 Å². The number of rotatable bonds is 6. The molecule has 0 saturated carbocycles. The molecule has 0 aliphatic carbocycles. The van der Waals surface area contributed by atoms with Gasteiger partial charge in [-0.05, 0) is 42.5 Å². The van der Waals surface area contributed by atoms with Crippen LogP contribution in [0.5, 0.6) is 5.75 Å². The third-order valence-electron chi connectivity index (χ3n) is 6.35. The van der Waals surface area contributed by atoms with E-state index in [0.29, 0.717) is 22.6 Å². The zero-order valence-corrected chi connectivity index (χ0v) is 19.9. The second kappa shape index (κ2) is 9.60. The van der Waals surface area contributed by atoms with Crippen LogP contribution in [0, 0.1) is 5.82 Å². The molecule has 1 aromatic heterocycles. The highest BCUT2D eigenvalue weighted by molar-refractivity contribution is 6.21. The van der Waals surface area contributed by atoms with Gasteiger partial charge in [0.25, 0.3) is 11.8 Å². The third kappa shape index (κ3) is 4.33. The molecule has 8 nitrogen and oxygen atoms in total. The summed E-state index contributed by atoms with van der Waals surface area (Å²) in [6.45, 7) is -0.157. The van der Waals surface area contributed by atoms with Gasteiger partial charge < -0.3 is 18.6 Å². The topological polar surface area (TPSA) is 95.3 Å². The first kappa shape index (κ1) is 23.6. The molecule has 0 fully saturated rings. The standard InChI is InChI=1S/C29H20FNO7/c30-21-11-19(25-20(12-21)16-37-29(38-25)17-5-2-1-3-6-17)15-36-28(34)18-8-9-23-24(13-18)27(33)31(26(23)32)14-22-7-4-10-35-22/h1-13,29H,14-16H2. The quantitative estimate of drug-likeness (QED) is 0.259. The Bertz CT molecular complexity index is 1550. The highest BCUT2D eigenvalue weighted by Crippen LogP contribution is 2.37. The summed E-state index contributed by atoms with van der Waals surface area (Å²) in [5, 5.41) is 0. The third-order valence-corrected chi connectivity index (χ3v) is 6.35.